The van der Waals surface area contributed by atoms with Gasteiger partial charge in [-0.25, -0.2) is 0 Å². The Kier molecular flexibility index (Phi) is 7.47. The topological polar surface area (TPSA) is 29.5 Å². The Morgan fingerprint density at radius 1 is 1.19 bits per heavy atom. The molecule has 1 aromatic rings. The average Bonchev–Trinajstić information content (AvgIpc) is 2.56. The zero-order valence-electron chi connectivity index (χ0n) is 13.5. The standard InChI is InChI=1S/C18H28O2Si/c1-5-17(20-21(6-2,7-3)8-4)14-15-18(19)16-12-10-9-11-13-16/h5,9-14,18-19H,1,6-8,15H2,2-4H3/b17-14-. The van der Waals surface area contributed by atoms with Gasteiger partial charge in [0.25, 0.3) is 0 Å². The van der Waals surface area contributed by atoms with Gasteiger partial charge in [-0.15, -0.1) is 0 Å². The molecule has 0 bridgehead atoms. The lowest BCUT2D eigenvalue weighted by atomic mass is 10.1. The zero-order chi connectivity index (χ0) is 15.7. The second-order valence-corrected chi connectivity index (χ2v) is 10.0. The van der Waals surface area contributed by atoms with E-state index in [0.29, 0.717) is 6.42 Å². The van der Waals surface area contributed by atoms with E-state index in [9.17, 15) is 5.11 Å². The van der Waals surface area contributed by atoms with Crippen LogP contribution < -0.4 is 0 Å². The highest BCUT2D eigenvalue weighted by molar-refractivity contribution is 6.73. The summed E-state index contributed by atoms with van der Waals surface area (Å²) >= 11 is 0. The van der Waals surface area contributed by atoms with Crippen molar-refractivity contribution in [1.29, 1.82) is 0 Å². The van der Waals surface area contributed by atoms with Gasteiger partial charge in [-0.3, -0.25) is 0 Å². The van der Waals surface area contributed by atoms with Crippen LogP contribution in [0.2, 0.25) is 18.1 Å². The van der Waals surface area contributed by atoms with Crippen LogP contribution in [-0.2, 0) is 4.43 Å². The van der Waals surface area contributed by atoms with Crippen molar-refractivity contribution in [1.82, 2.24) is 0 Å². The number of benzene rings is 1. The number of allylic oxidation sites excluding steroid dienone is 1. The predicted molar refractivity (Wildman–Crippen MR) is 92.6 cm³/mol. The molecule has 3 heteroatoms. The Morgan fingerprint density at radius 2 is 1.76 bits per heavy atom. The number of rotatable bonds is 9. The Labute approximate surface area is 130 Å². The predicted octanol–water partition coefficient (Wildman–Crippen LogP) is 5.20. The summed E-state index contributed by atoms with van der Waals surface area (Å²) in [7, 11) is -1.67. The van der Waals surface area contributed by atoms with Gasteiger partial charge in [0, 0.05) is 0 Å². The van der Waals surface area contributed by atoms with E-state index in [0.717, 1.165) is 29.5 Å². The highest BCUT2D eigenvalue weighted by Crippen LogP contribution is 2.26. The fourth-order valence-electron chi connectivity index (χ4n) is 2.42. The molecule has 0 heterocycles. The van der Waals surface area contributed by atoms with Gasteiger partial charge in [0.15, 0.2) is 0 Å². The monoisotopic (exact) mass is 304 g/mol. The second-order valence-electron chi connectivity index (χ2n) is 5.32. The van der Waals surface area contributed by atoms with Crippen LogP contribution in [0.25, 0.3) is 0 Å². The highest BCUT2D eigenvalue weighted by Gasteiger charge is 2.30. The summed E-state index contributed by atoms with van der Waals surface area (Å²) in [4.78, 5) is 0. The molecule has 0 saturated heterocycles. The van der Waals surface area contributed by atoms with Gasteiger partial charge >= 0.3 is 0 Å². The van der Waals surface area contributed by atoms with Gasteiger partial charge in [0.1, 0.15) is 0 Å². The Hall–Kier alpha value is -1.32. The number of hydrogen-bond acceptors (Lipinski definition) is 2. The summed E-state index contributed by atoms with van der Waals surface area (Å²) in [5.41, 5.74) is 0.933. The largest absolute Gasteiger partial charge is 0.544 e. The maximum atomic E-state index is 10.2. The number of aliphatic hydroxyl groups excluding tert-OH is 1. The number of hydrogen-bond donors (Lipinski definition) is 1. The fraction of sp³-hybridized carbons (Fsp3) is 0.444. The van der Waals surface area contributed by atoms with Crippen LogP contribution in [-0.4, -0.2) is 13.4 Å². The fourth-order valence-corrected chi connectivity index (χ4v) is 5.02. The molecule has 1 N–H and O–H groups in total. The van der Waals surface area contributed by atoms with E-state index in [-0.39, 0.29) is 0 Å². The molecule has 21 heavy (non-hydrogen) atoms. The SMILES string of the molecule is C=C/C(=C/CC(O)c1ccccc1)O[Si](CC)(CC)CC. The maximum Gasteiger partial charge on any atom is 0.250 e. The lowest BCUT2D eigenvalue weighted by molar-refractivity contribution is 0.180. The summed E-state index contributed by atoms with van der Waals surface area (Å²) < 4.78 is 6.29. The van der Waals surface area contributed by atoms with Gasteiger partial charge in [-0.1, -0.05) is 57.7 Å². The molecule has 0 aliphatic rings. The van der Waals surface area contributed by atoms with Crippen molar-refractivity contribution in [2.45, 2.75) is 51.4 Å². The Balaban J connectivity index is 2.74. The Morgan fingerprint density at radius 3 is 2.24 bits per heavy atom. The molecule has 116 valence electrons. The first kappa shape index (κ1) is 17.7. The zero-order valence-corrected chi connectivity index (χ0v) is 14.5. The van der Waals surface area contributed by atoms with Crippen LogP contribution in [0, 0.1) is 0 Å². The van der Waals surface area contributed by atoms with Crippen molar-refractivity contribution in [2.75, 3.05) is 0 Å². The molecule has 0 saturated carbocycles. The maximum absolute atomic E-state index is 10.2. The third-order valence-corrected chi connectivity index (χ3v) is 8.73. The molecule has 1 aromatic carbocycles. The normalized spacial score (nSPS) is 13.8. The molecular weight excluding hydrogens is 276 g/mol. The van der Waals surface area contributed by atoms with Gasteiger partial charge in [-0.05, 0) is 42.3 Å². The molecule has 1 rings (SSSR count). The van der Waals surface area contributed by atoms with E-state index in [1.54, 1.807) is 6.08 Å². The molecular formula is C18H28O2Si. The lowest BCUT2D eigenvalue weighted by Gasteiger charge is -2.29. The molecule has 1 atom stereocenters. The smallest absolute Gasteiger partial charge is 0.250 e. The molecule has 0 aliphatic carbocycles. The first-order chi connectivity index (χ1) is 10.1. The highest BCUT2D eigenvalue weighted by atomic mass is 28.4. The third-order valence-electron chi connectivity index (χ3n) is 4.20. The van der Waals surface area contributed by atoms with Gasteiger partial charge in [0.2, 0.25) is 8.32 Å². The van der Waals surface area contributed by atoms with Crippen molar-refractivity contribution < 1.29 is 9.53 Å². The number of aliphatic hydroxyl groups is 1. The molecule has 0 spiro atoms. The summed E-state index contributed by atoms with van der Waals surface area (Å²) in [6.45, 7) is 10.5. The Bertz CT molecular complexity index is 441. The van der Waals surface area contributed by atoms with Crippen molar-refractivity contribution in [3.8, 4) is 0 Å². The van der Waals surface area contributed by atoms with Crippen LogP contribution >= 0.6 is 0 Å². The van der Waals surface area contributed by atoms with Crippen molar-refractivity contribution in [3.05, 3.63) is 60.4 Å². The third kappa shape index (κ3) is 5.18. The lowest BCUT2D eigenvalue weighted by Crippen LogP contribution is -2.35. The summed E-state index contributed by atoms with van der Waals surface area (Å²) in [5.74, 6) is 0.821. The molecule has 0 aliphatic heterocycles. The molecule has 2 nitrogen and oxygen atoms in total. The average molecular weight is 305 g/mol. The van der Waals surface area contributed by atoms with Crippen LogP contribution in [0.15, 0.2) is 54.8 Å². The molecule has 1 unspecified atom stereocenters. The van der Waals surface area contributed by atoms with Gasteiger partial charge < -0.3 is 9.53 Å². The van der Waals surface area contributed by atoms with E-state index in [4.69, 9.17) is 4.43 Å². The molecule has 0 amide bonds. The minimum absolute atomic E-state index is 0.495. The first-order valence-electron chi connectivity index (χ1n) is 7.85. The summed E-state index contributed by atoms with van der Waals surface area (Å²) in [6.07, 6.45) is 3.78. The van der Waals surface area contributed by atoms with Crippen LogP contribution in [0.4, 0.5) is 0 Å². The van der Waals surface area contributed by atoms with Crippen LogP contribution in [0.3, 0.4) is 0 Å². The van der Waals surface area contributed by atoms with E-state index in [1.807, 2.05) is 36.4 Å². The first-order valence-corrected chi connectivity index (χ1v) is 10.4. The molecule has 0 radical (unpaired) electrons. The summed E-state index contributed by atoms with van der Waals surface area (Å²) in [5, 5.41) is 10.2. The van der Waals surface area contributed by atoms with Crippen LogP contribution in [0.5, 0.6) is 0 Å². The van der Waals surface area contributed by atoms with E-state index in [1.165, 1.54) is 0 Å². The quantitative estimate of drug-likeness (QED) is 0.386. The van der Waals surface area contributed by atoms with Crippen molar-refractivity contribution in [3.63, 3.8) is 0 Å². The molecule has 0 aromatic heterocycles. The van der Waals surface area contributed by atoms with Crippen molar-refractivity contribution in [2.24, 2.45) is 0 Å². The minimum Gasteiger partial charge on any atom is -0.544 e. The van der Waals surface area contributed by atoms with E-state index >= 15 is 0 Å². The molecule has 0 fully saturated rings. The van der Waals surface area contributed by atoms with E-state index in [2.05, 4.69) is 27.4 Å². The summed E-state index contributed by atoms with van der Waals surface area (Å²) in [6, 6.07) is 13.0. The van der Waals surface area contributed by atoms with E-state index < -0.39 is 14.4 Å². The van der Waals surface area contributed by atoms with Gasteiger partial charge in [0.05, 0.1) is 11.9 Å². The van der Waals surface area contributed by atoms with Crippen molar-refractivity contribution >= 4 is 8.32 Å². The minimum atomic E-state index is -1.67. The van der Waals surface area contributed by atoms with Crippen LogP contribution in [0.1, 0.15) is 38.9 Å². The van der Waals surface area contributed by atoms with Gasteiger partial charge in [-0.2, -0.15) is 0 Å². The second kappa shape index (κ2) is 8.85.